The zero-order chi connectivity index (χ0) is 10.7. The molecule has 0 aromatic heterocycles. The summed E-state index contributed by atoms with van der Waals surface area (Å²) in [5, 5.41) is 0. The Morgan fingerprint density at radius 1 is 1.07 bits per heavy atom. The quantitative estimate of drug-likeness (QED) is 0.717. The van der Waals surface area contributed by atoms with Gasteiger partial charge in [-0.15, -0.1) is 0 Å². The van der Waals surface area contributed by atoms with Crippen LogP contribution >= 0.6 is 0 Å². The normalized spacial score (nSPS) is 20.5. The second kappa shape index (κ2) is 4.36. The lowest BCUT2D eigenvalue weighted by molar-refractivity contribution is 0.0321. The molecule has 1 nitrogen and oxygen atoms in total. The Hall–Kier alpha value is -0.820. The van der Waals surface area contributed by atoms with Crippen molar-refractivity contribution in [2.75, 3.05) is 13.2 Å². The number of ether oxygens (including phenoxy) is 1. The van der Waals surface area contributed by atoms with Gasteiger partial charge in [0.1, 0.15) is 0 Å². The number of hydrogen-bond acceptors (Lipinski definition) is 1. The van der Waals surface area contributed by atoms with Crippen LogP contribution in [0.1, 0.15) is 32.3 Å². The Labute approximate surface area is 92.5 Å². The van der Waals surface area contributed by atoms with Crippen molar-refractivity contribution in [1.82, 2.24) is 0 Å². The molecule has 0 aliphatic carbocycles. The summed E-state index contributed by atoms with van der Waals surface area (Å²) in [5.41, 5.74) is 1.84. The lowest BCUT2D eigenvalue weighted by atomic mass is 9.67. The minimum atomic E-state index is 0.347. The molecule has 1 fully saturated rings. The lowest BCUT2D eigenvalue weighted by Gasteiger charge is -2.41. The van der Waals surface area contributed by atoms with Crippen LogP contribution in [-0.4, -0.2) is 13.2 Å². The van der Waals surface area contributed by atoms with Crippen molar-refractivity contribution in [3.63, 3.8) is 0 Å². The van der Waals surface area contributed by atoms with E-state index in [1.807, 2.05) is 0 Å². The fourth-order valence-electron chi connectivity index (χ4n) is 2.71. The van der Waals surface area contributed by atoms with Crippen molar-refractivity contribution in [3.8, 4) is 0 Å². The summed E-state index contributed by atoms with van der Waals surface area (Å²) in [7, 11) is 0. The van der Waals surface area contributed by atoms with Crippen LogP contribution in [0.4, 0.5) is 0 Å². The highest BCUT2D eigenvalue weighted by Gasteiger charge is 2.36. The molecule has 1 heteroatoms. The molecule has 0 atom stereocenters. The van der Waals surface area contributed by atoms with Gasteiger partial charge in [0.25, 0.3) is 0 Å². The third-order valence-corrected chi connectivity index (χ3v) is 3.84. The molecule has 0 spiro atoms. The molecule has 0 unspecified atom stereocenters. The smallest absolute Gasteiger partial charge is 0.0474 e. The van der Waals surface area contributed by atoms with Gasteiger partial charge in [0.15, 0.2) is 0 Å². The third-order valence-electron chi connectivity index (χ3n) is 3.84. The molecule has 82 valence electrons. The Morgan fingerprint density at radius 3 is 2.20 bits per heavy atom. The van der Waals surface area contributed by atoms with Crippen molar-refractivity contribution in [3.05, 3.63) is 35.9 Å². The van der Waals surface area contributed by atoms with E-state index in [2.05, 4.69) is 44.2 Å². The van der Waals surface area contributed by atoms with Gasteiger partial charge in [-0.3, -0.25) is 0 Å². The molecule has 0 radical (unpaired) electrons. The second-order valence-electron chi connectivity index (χ2n) is 4.79. The molecule has 1 saturated heterocycles. The van der Waals surface area contributed by atoms with E-state index < -0.39 is 0 Å². The average molecular weight is 204 g/mol. The van der Waals surface area contributed by atoms with Crippen molar-refractivity contribution >= 4 is 0 Å². The first-order chi connectivity index (χ1) is 7.26. The molecule has 0 saturated carbocycles. The van der Waals surface area contributed by atoms with Gasteiger partial charge >= 0.3 is 0 Å². The maximum absolute atomic E-state index is 5.50. The first kappa shape index (κ1) is 10.7. The van der Waals surface area contributed by atoms with Crippen LogP contribution in [0, 0.1) is 5.92 Å². The molecule has 15 heavy (non-hydrogen) atoms. The number of benzene rings is 1. The van der Waals surface area contributed by atoms with Crippen LogP contribution in [0.2, 0.25) is 0 Å². The van der Waals surface area contributed by atoms with E-state index in [0.717, 1.165) is 26.1 Å². The monoisotopic (exact) mass is 204 g/mol. The van der Waals surface area contributed by atoms with Gasteiger partial charge in [-0.2, -0.15) is 0 Å². The second-order valence-corrected chi connectivity index (χ2v) is 4.79. The average Bonchev–Trinajstić information content (AvgIpc) is 2.31. The number of rotatable bonds is 2. The summed E-state index contributed by atoms with van der Waals surface area (Å²) >= 11 is 0. The van der Waals surface area contributed by atoms with Gasteiger partial charge in [0.05, 0.1) is 0 Å². The topological polar surface area (TPSA) is 9.23 Å². The van der Waals surface area contributed by atoms with Gasteiger partial charge < -0.3 is 4.74 Å². The van der Waals surface area contributed by atoms with Crippen molar-refractivity contribution in [2.45, 2.75) is 32.1 Å². The Kier molecular flexibility index (Phi) is 3.11. The summed E-state index contributed by atoms with van der Waals surface area (Å²) in [6, 6.07) is 10.9. The van der Waals surface area contributed by atoms with Gasteiger partial charge in [-0.25, -0.2) is 0 Å². The van der Waals surface area contributed by atoms with E-state index in [1.54, 1.807) is 0 Å². The van der Waals surface area contributed by atoms with E-state index in [0.29, 0.717) is 11.3 Å². The molecule has 1 heterocycles. The van der Waals surface area contributed by atoms with Gasteiger partial charge in [0.2, 0.25) is 0 Å². The standard InChI is InChI=1S/C14H20O/c1-12(2)14(8-10-15-11-9-14)13-6-4-3-5-7-13/h3-7,12H,8-11H2,1-2H3. The van der Waals surface area contributed by atoms with E-state index in [1.165, 1.54) is 5.56 Å². The predicted octanol–water partition coefficient (Wildman–Crippen LogP) is 3.39. The highest BCUT2D eigenvalue weighted by Crippen LogP contribution is 2.41. The zero-order valence-corrected chi connectivity index (χ0v) is 9.70. The highest BCUT2D eigenvalue weighted by atomic mass is 16.5. The molecule has 0 amide bonds. The minimum Gasteiger partial charge on any atom is -0.381 e. The summed E-state index contributed by atoms with van der Waals surface area (Å²) < 4.78 is 5.50. The molecule has 1 aliphatic rings. The summed E-state index contributed by atoms with van der Waals surface area (Å²) in [5.74, 6) is 0.684. The zero-order valence-electron chi connectivity index (χ0n) is 9.70. The van der Waals surface area contributed by atoms with Gasteiger partial charge in [-0.1, -0.05) is 44.2 Å². The largest absolute Gasteiger partial charge is 0.381 e. The van der Waals surface area contributed by atoms with Gasteiger partial charge in [-0.05, 0) is 24.3 Å². The van der Waals surface area contributed by atoms with Crippen LogP contribution in [0.15, 0.2) is 30.3 Å². The molecule has 2 rings (SSSR count). The lowest BCUT2D eigenvalue weighted by Crippen LogP contribution is -2.38. The summed E-state index contributed by atoms with van der Waals surface area (Å²) in [6.07, 6.45) is 2.32. The molecule has 1 aromatic rings. The fraction of sp³-hybridized carbons (Fsp3) is 0.571. The third kappa shape index (κ3) is 1.93. The minimum absolute atomic E-state index is 0.347. The Bertz CT molecular complexity index is 296. The van der Waals surface area contributed by atoms with Crippen molar-refractivity contribution in [2.24, 2.45) is 5.92 Å². The summed E-state index contributed by atoms with van der Waals surface area (Å²) in [6.45, 7) is 6.48. The molecule has 1 aromatic carbocycles. The molecule has 0 N–H and O–H groups in total. The fourth-order valence-corrected chi connectivity index (χ4v) is 2.71. The molecular weight excluding hydrogens is 184 g/mol. The van der Waals surface area contributed by atoms with Crippen molar-refractivity contribution in [1.29, 1.82) is 0 Å². The highest BCUT2D eigenvalue weighted by molar-refractivity contribution is 5.26. The first-order valence-corrected chi connectivity index (χ1v) is 5.89. The van der Waals surface area contributed by atoms with Crippen LogP contribution < -0.4 is 0 Å². The van der Waals surface area contributed by atoms with Gasteiger partial charge in [0, 0.05) is 18.6 Å². The Balaban J connectivity index is 2.34. The Morgan fingerprint density at radius 2 is 1.67 bits per heavy atom. The summed E-state index contributed by atoms with van der Waals surface area (Å²) in [4.78, 5) is 0. The molecule has 0 bridgehead atoms. The first-order valence-electron chi connectivity index (χ1n) is 5.89. The van der Waals surface area contributed by atoms with E-state index in [-0.39, 0.29) is 0 Å². The molecular formula is C14H20O. The van der Waals surface area contributed by atoms with Crippen LogP contribution in [0.3, 0.4) is 0 Å². The van der Waals surface area contributed by atoms with Crippen LogP contribution in [-0.2, 0) is 10.2 Å². The maximum Gasteiger partial charge on any atom is 0.0474 e. The number of hydrogen-bond donors (Lipinski definition) is 0. The van der Waals surface area contributed by atoms with E-state index >= 15 is 0 Å². The van der Waals surface area contributed by atoms with E-state index in [4.69, 9.17) is 4.74 Å². The predicted molar refractivity (Wildman–Crippen MR) is 63.0 cm³/mol. The van der Waals surface area contributed by atoms with E-state index in [9.17, 15) is 0 Å². The maximum atomic E-state index is 5.50. The van der Waals surface area contributed by atoms with Crippen molar-refractivity contribution < 1.29 is 4.74 Å². The molecule has 1 aliphatic heterocycles. The van der Waals surface area contributed by atoms with Crippen LogP contribution in [0.25, 0.3) is 0 Å². The SMILES string of the molecule is CC(C)C1(c2ccccc2)CCOCC1. The van der Waals surface area contributed by atoms with Crippen LogP contribution in [0.5, 0.6) is 0 Å².